The van der Waals surface area contributed by atoms with Gasteiger partial charge in [0.05, 0.1) is 12.5 Å². The van der Waals surface area contributed by atoms with Crippen LogP contribution in [0.4, 0.5) is 0 Å². The van der Waals surface area contributed by atoms with Crippen molar-refractivity contribution in [2.45, 2.75) is 45.1 Å². The molecule has 4 nitrogen and oxygen atoms in total. The Balaban J connectivity index is 1.73. The van der Waals surface area contributed by atoms with Gasteiger partial charge in [0, 0.05) is 24.1 Å². The first-order valence-corrected chi connectivity index (χ1v) is 8.55. The van der Waals surface area contributed by atoms with Crippen molar-refractivity contribution < 1.29 is 9.32 Å². The summed E-state index contributed by atoms with van der Waals surface area (Å²) in [6.45, 7) is 2.88. The van der Waals surface area contributed by atoms with Crippen molar-refractivity contribution in [1.29, 1.82) is 0 Å². The number of carbonyl (C=O) groups excluding carboxylic acids is 1. The number of carbonyl (C=O) groups is 1. The number of nitrogens with zero attached hydrogens (tertiary/aromatic N) is 2. The van der Waals surface area contributed by atoms with Gasteiger partial charge in [0.25, 0.3) is 0 Å². The van der Waals surface area contributed by atoms with Crippen LogP contribution in [-0.2, 0) is 17.6 Å². The molecule has 0 radical (unpaired) electrons. The summed E-state index contributed by atoms with van der Waals surface area (Å²) in [7, 11) is 0. The standard InChI is InChI=1S/C18H21ClN2O2/c1-2-6-14-12-16(20-23-14)17-9-5-10-21(17)18(22)11-13-7-3-4-8-15(13)19/h3-4,7-8,12,17H,2,5-6,9-11H2,1H3/t17-/m0/s1. The van der Waals surface area contributed by atoms with Gasteiger partial charge in [0.15, 0.2) is 0 Å². The molecule has 23 heavy (non-hydrogen) atoms. The van der Waals surface area contributed by atoms with Gasteiger partial charge in [-0.2, -0.15) is 0 Å². The number of amides is 1. The molecule has 1 aliphatic heterocycles. The third-order valence-electron chi connectivity index (χ3n) is 4.29. The topological polar surface area (TPSA) is 46.3 Å². The summed E-state index contributed by atoms with van der Waals surface area (Å²) >= 11 is 6.17. The quantitative estimate of drug-likeness (QED) is 0.824. The van der Waals surface area contributed by atoms with Crippen LogP contribution < -0.4 is 0 Å². The molecule has 1 saturated heterocycles. The van der Waals surface area contributed by atoms with Crippen LogP contribution in [0.3, 0.4) is 0 Å². The molecule has 2 aromatic rings. The number of hydrogen-bond donors (Lipinski definition) is 0. The lowest BCUT2D eigenvalue weighted by Crippen LogP contribution is -2.32. The van der Waals surface area contributed by atoms with Gasteiger partial charge < -0.3 is 9.42 Å². The maximum absolute atomic E-state index is 12.7. The van der Waals surface area contributed by atoms with Gasteiger partial charge in [0.2, 0.25) is 5.91 Å². The third kappa shape index (κ3) is 3.58. The van der Waals surface area contributed by atoms with Crippen molar-refractivity contribution in [3.63, 3.8) is 0 Å². The summed E-state index contributed by atoms with van der Waals surface area (Å²) in [6.07, 6.45) is 4.17. The summed E-state index contributed by atoms with van der Waals surface area (Å²) in [5.41, 5.74) is 1.75. The van der Waals surface area contributed by atoms with Crippen LogP contribution in [0.5, 0.6) is 0 Å². The van der Waals surface area contributed by atoms with Crippen LogP contribution in [0.15, 0.2) is 34.9 Å². The fraction of sp³-hybridized carbons (Fsp3) is 0.444. The lowest BCUT2D eigenvalue weighted by Gasteiger charge is -2.23. The van der Waals surface area contributed by atoms with E-state index in [0.717, 1.165) is 49.2 Å². The second-order valence-electron chi connectivity index (χ2n) is 5.98. The molecule has 0 bridgehead atoms. The first-order valence-electron chi connectivity index (χ1n) is 8.17. The SMILES string of the molecule is CCCc1cc([C@@H]2CCCN2C(=O)Cc2ccccc2Cl)no1. The van der Waals surface area contributed by atoms with Crippen LogP contribution in [-0.4, -0.2) is 22.5 Å². The average Bonchev–Trinajstić information content (AvgIpc) is 3.18. The summed E-state index contributed by atoms with van der Waals surface area (Å²) in [4.78, 5) is 14.6. The third-order valence-corrected chi connectivity index (χ3v) is 4.66. The molecule has 0 aliphatic carbocycles. The Hall–Kier alpha value is -1.81. The van der Waals surface area contributed by atoms with E-state index < -0.39 is 0 Å². The molecular formula is C18H21ClN2O2. The van der Waals surface area contributed by atoms with Gasteiger partial charge in [-0.05, 0) is 30.9 Å². The molecule has 122 valence electrons. The van der Waals surface area contributed by atoms with E-state index in [1.165, 1.54) is 0 Å². The average molecular weight is 333 g/mol. The van der Waals surface area contributed by atoms with Crippen molar-refractivity contribution in [3.05, 3.63) is 52.4 Å². The van der Waals surface area contributed by atoms with E-state index in [4.69, 9.17) is 16.1 Å². The highest BCUT2D eigenvalue weighted by molar-refractivity contribution is 6.31. The Labute approximate surface area is 141 Å². The minimum atomic E-state index is 0.0272. The van der Waals surface area contributed by atoms with Gasteiger partial charge in [-0.1, -0.05) is 41.9 Å². The molecule has 0 spiro atoms. The Morgan fingerprint density at radius 3 is 3.04 bits per heavy atom. The Kier molecular flexibility index (Phi) is 5.01. The van der Waals surface area contributed by atoms with Gasteiger partial charge in [0.1, 0.15) is 11.5 Å². The number of aryl methyl sites for hydroxylation is 1. The minimum Gasteiger partial charge on any atom is -0.361 e. The number of hydrogen-bond acceptors (Lipinski definition) is 3. The molecule has 1 fully saturated rings. The molecule has 1 amide bonds. The molecule has 1 aromatic carbocycles. The van der Waals surface area contributed by atoms with Crippen LogP contribution in [0.25, 0.3) is 0 Å². The van der Waals surface area contributed by atoms with Crippen molar-refractivity contribution in [2.75, 3.05) is 6.54 Å². The fourth-order valence-corrected chi connectivity index (χ4v) is 3.33. The predicted octanol–water partition coefficient (Wildman–Crippen LogP) is 4.19. The van der Waals surface area contributed by atoms with Gasteiger partial charge >= 0.3 is 0 Å². The number of aromatic nitrogens is 1. The minimum absolute atomic E-state index is 0.0272. The first-order chi connectivity index (χ1) is 11.2. The van der Waals surface area contributed by atoms with Gasteiger partial charge in [-0.3, -0.25) is 4.79 Å². The zero-order valence-electron chi connectivity index (χ0n) is 13.3. The Morgan fingerprint density at radius 2 is 2.26 bits per heavy atom. The molecular weight excluding hydrogens is 312 g/mol. The zero-order valence-corrected chi connectivity index (χ0v) is 14.1. The molecule has 0 unspecified atom stereocenters. The molecule has 1 aromatic heterocycles. The van der Waals surface area contributed by atoms with Crippen LogP contribution in [0.1, 0.15) is 49.2 Å². The molecule has 0 saturated carbocycles. The largest absolute Gasteiger partial charge is 0.361 e. The lowest BCUT2D eigenvalue weighted by atomic mass is 10.1. The maximum Gasteiger partial charge on any atom is 0.227 e. The van der Waals surface area contributed by atoms with E-state index in [-0.39, 0.29) is 11.9 Å². The maximum atomic E-state index is 12.7. The number of rotatable bonds is 5. The summed E-state index contributed by atoms with van der Waals surface area (Å²) in [5, 5.41) is 4.82. The van der Waals surface area contributed by atoms with Crippen molar-refractivity contribution in [3.8, 4) is 0 Å². The van der Waals surface area contributed by atoms with Crippen LogP contribution in [0, 0.1) is 0 Å². The second-order valence-corrected chi connectivity index (χ2v) is 6.39. The van der Waals surface area contributed by atoms with Crippen molar-refractivity contribution in [2.24, 2.45) is 0 Å². The highest BCUT2D eigenvalue weighted by Crippen LogP contribution is 2.32. The molecule has 1 aliphatic rings. The van der Waals surface area contributed by atoms with E-state index in [1.54, 1.807) is 0 Å². The van der Waals surface area contributed by atoms with E-state index >= 15 is 0 Å². The number of benzene rings is 1. The highest BCUT2D eigenvalue weighted by Gasteiger charge is 2.32. The molecule has 0 N–H and O–H groups in total. The number of likely N-dealkylation sites (tertiary alicyclic amines) is 1. The van der Waals surface area contributed by atoms with Crippen molar-refractivity contribution in [1.82, 2.24) is 10.1 Å². The lowest BCUT2D eigenvalue weighted by molar-refractivity contribution is -0.131. The first kappa shape index (κ1) is 16.1. The van der Waals surface area contributed by atoms with Gasteiger partial charge in [-0.25, -0.2) is 0 Å². The molecule has 2 heterocycles. The highest BCUT2D eigenvalue weighted by atomic mass is 35.5. The second kappa shape index (κ2) is 7.18. The summed E-state index contributed by atoms with van der Waals surface area (Å²) < 4.78 is 5.37. The smallest absolute Gasteiger partial charge is 0.227 e. The van der Waals surface area contributed by atoms with E-state index in [2.05, 4.69) is 12.1 Å². The molecule has 5 heteroatoms. The Morgan fingerprint density at radius 1 is 1.43 bits per heavy atom. The summed E-state index contributed by atoms with van der Waals surface area (Å²) in [5.74, 6) is 0.994. The molecule has 3 rings (SSSR count). The normalized spacial score (nSPS) is 17.7. The van der Waals surface area contributed by atoms with E-state index in [9.17, 15) is 4.79 Å². The number of halogens is 1. The van der Waals surface area contributed by atoms with E-state index in [1.807, 2.05) is 35.2 Å². The predicted molar refractivity (Wildman–Crippen MR) is 89.3 cm³/mol. The van der Waals surface area contributed by atoms with Crippen LogP contribution in [0.2, 0.25) is 5.02 Å². The zero-order chi connectivity index (χ0) is 16.2. The van der Waals surface area contributed by atoms with Crippen molar-refractivity contribution >= 4 is 17.5 Å². The van der Waals surface area contributed by atoms with E-state index in [0.29, 0.717) is 11.4 Å². The molecule has 1 atom stereocenters. The Bertz CT molecular complexity index is 683. The monoisotopic (exact) mass is 332 g/mol. The summed E-state index contributed by atoms with van der Waals surface area (Å²) in [6, 6.07) is 9.53. The van der Waals surface area contributed by atoms with Gasteiger partial charge in [-0.15, -0.1) is 0 Å². The van der Waals surface area contributed by atoms with Crippen LogP contribution >= 0.6 is 11.6 Å². The fourth-order valence-electron chi connectivity index (χ4n) is 3.13.